The molecule has 0 spiro atoms. The molecule has 0 bridgehead atoms. The van der Waals surface area contributed by atoms with Crippen LogP contribution in [0, 0.1) is 0 Å². The van der Waals surface area contributed by atoms with Gasteiger partial charge in [-0.1, -0.05) is 6.58 Å². The Kier molecular flexibility index (Phi) is 11.7. The molecule has 0 unspecified atom stereocenters. The normalized spacial score (nSPS) is 7.22. The molecule has 9 heavy (non-hydrogen) atoms. The van der Waals surface area contributed by atoms with E-state index in [0.717, 1.165) is 6.08 Å². The summed E-state index contributed by atoms with van der Waals surface area (Å²) in [6, 6.07) is 0. The van der Waals surface area contributed by atoms with E-state index in [2.05, 4.69) is 23.9 Å². The minimum absolute atomic E-state index is 0. The first-order chi connectivity index (χ1) is 3.81. The number of hydrogen-bond donors (Lipinski definition) is 1. The van der Waals surface area contributed by atoms with E-state index < -0.39 is 0 Å². The zero-order valence-corrected chi connectivity index (χ0v) is 5.36. The van der Waals surface area contributed by atoms with E-state index in [0.29, 0.717) is 12.4 Å². The van der Waals surface area contributed by atoms with Crippen molar-refractivity contribution in [2.45, 2.75) is 0 Å². The summed E-state index contributed by atoms with van der Waals surface area (Å²) in [7, 11) is 0. The molecular weight excluding hydrogens is 147 g/mol. The van der Waals surface area contributed by atoms with E-state index >= 15 is 0 Å². The Bertz CT molecular complexity index is 95.0. The van der Waals surface area contributed by atoms with Gasteiger partial charge in [0.05, 0.1) is 0 Å². The number of hydrogen-bond acceptors (Lipinski definition) is 3. The molecule has 2 nitrogen and oxygen atoms in total. The van der Waals surface area contributed by atoms with Crippen LogP contribution in [-0.2, 0) is 9.53 Å². The van der Waals surface area contributed by atoms with Gasteiger partial charge in [0.15, 0.2) is 0 Å². The molecule has 0 N–H and O–H groups in total. The number of carbonyl (C=O) groups excluding carboxylic acids is 1. The maximum absolute atomic E-state index is 10.2. The summed E-state index contributed by atoms with van der Waals surface area (Å²) >= 11 is 3.82. The predicted molar refractivity (Wildman–Crippen MR) is 42.2 cm³/mol. The minimum atomic E-state index is -0.390. The Balaban J connectivity index is 0. The van der Waals surface area contributed by atoms with Crippen LogP contribution >= 0.6 is 12.6 Å². The van der Waals surface area contributed by atoms with Crippen LogP contribution in [0.3, 0.4) is 0 Å². The fourth-order valence-corrected chi connectivity index (χ4v) is 0.296. The molecule has 0 aromatic rings. The van der Waals surface area contributed by atoms with E-state index in [1.807, 2.05) is 0 Å². The standard InChI is InChI=1S/C5H8O2S.Na.H/c1-2-5(6)7-3-4-8;;/h2,8H,1,3-4H2;;. The summed E-state index contributed by atoms with van der Waals surface area (Å²) in [4.78, 5) is 10.2. The monoisotopic (exact) mass is 156 g/mol. The van der Waals surface area contributed by atoms with Gasteiger partial charge in [-0.3, -0.25) is 0 Å². The first-order valence-corrected chi connectivity index (χ1v) is 2.84. The Morgan fingerprint density at radius 3 is 2.67 bits per heavy atom. The van der Waals surface area contributed by atoms with Crippen LogP contribution in [0.2, 0.25) is 0 Å². The molecule has 0 aliphatic heterocycles. The first-order valence-electron chi connectivity index (χ1n) is 2.21. The molecule has 0 radical (unpaired) electrons. The fourth-order valence-electron chi connectivity index (χ4n) is 0.205. The molecule has 4 heteroatoms. The van der Waals surface area contributed by atoms with Crippen LogP contribution in [0.1, 0.15) is 0 Å². The van der Waals surface area contributed by atoms with Gasteiger partial charge < -0.3 is 4.74 Å². The summed E-state index contributed by atoms with van der Waals surface area (Å²) < 4.78 is 4.51. The average molecular weight is 156 g/mol. The van der Waals surface area contributed by atoms with Crippen LogP contribution in [0.25, 0.3) is 0 Å². The van der Waals surface area contributed by atoms with Crippen molar-refractivity contribution in [2.75, 3.05) is 12.4 Å². The summed E-state index contributed by atoms with van der Waals surface area (Å²) in [6.45, 7) is 3.57. The van der Waals surface area contributed by atoms with Gasteiger partial charge in [-0.15, -0.1) is 0 Å². The van der Waals surface area contributed by atoms with Crippen LogP contribution in [0.5, 0.6) is 0 Å². The number of thiol groups is 1. The van der Waals surface area contributed by atoms with Gasteiger partial charge in [0.1, 0.15) is 6.61 Å². The summed E-state index contributed by atoms with van der Waals surface area (Å²) in [5.74, 6) is 0.165. The second-order valence-corrected chi connectivity index (χ2v) is 1.54. The second kappa shape index (κ2) is 8.56. The number of rotatable bonds is 3. The molecule has 0 heterocycles. The molecular formula is C5H9NaO2S. The fraction of sp³-hybridized carbons (Fsp3) is 0.400. The Hall–Kier alpha value is 0.560. The van der Waals surface area contributed by atoms with Gasteiger partial charge in [0, 0.05) is 11.8 Å². The summed E-state index contributed by atoms with van der Waals surface area (Å²) in [5.41, 5.74) is 0. The Morgan fingerprint density at radius 2 is 2.33 bits per heavy atom. The van der Waals surface area contributed by atoms with Gasteiger partial charge in [0.2, 0.25) is 0 Å². The Morgan fingerprint density at radius 1 is 1.78 bits per heavy atom. The van der Waals surface area contributed by atoms with E-state index in [1.54, 1.807) is 0 Å². The third kappa shape index (κ3) is 8.56. The molecule has 48 valence electrons. The Labute approximate surface area is 82.4 Å². The predicted octanol–water partition coefficient (Wildman–Crippen LogP) is -0.00310. The molecule has 0 amide bonds. The maximum atomic E-state index is 10.2. The first kappa shape index (κ1) is 12.3. The second-order valence-electron chi connectivity index (χ2n) is 1.10. The quantitative estimate of drug-likeness (QED) is 0.269. The van der Waals surface area contributed by atoms with Gasteiger partial charge >= 0.3 is 35.5 Å². The number of carbonyl (C=O) groups is 1. The van der Waals surface area contributed by atoms with Gasteiger partial charge in [-0.2, -0.15) is 12.6 Å². The molecule has 0 aliphatic rings. The van der Waals surface area contributed by atoms with Gasteiger partial charge in [-0.25, -0.2) is 4.79 Å². The van der Waals surface area contributed by atoms with E-state index in [1.165, 1.54) is 0 Å². The van der Waals surface area contributed by atoms with Crippen molar-refractivity contribution >= 4 is 48.2 Å². The third-order valence-corrected chi connectivity index (χ3v) is 0.685. The van der Waals surface area contributed by atoms with Crippen molar-refractivity contribution in [3.63, 3.8) is 0 Å². The summed E-state index contributed by atoms with van der Waals surface area (Å²) in [5, 5.41) is 0. The van der Waals surface area contributed by atoms with Crippen molar-refractivity contribution < 1.29 is 9.53 Å². The SMILES string of the molecule is C=CC(=O)OCCS.[NaH]. The molecule has 0 atom stereocenters. The van der Waals surface area contributed by atoms with Crippen molar-refractivity contribution in [2.24, 2.45) is 0 Å². The molecule has 0 saturated heterocycles. The van der Waals surface area contributed by atoms with E-state index in [9.17, 15) is 4.79 Å². The molecule has 0 fully saturated rings. The summed E-state index contributed by atoms with van der Waals surface area (Å²) in [6.07, 6.45) is 1.13. The number of esters is 1. The molecule has 0 aliphatic carbocycles. The van der Waals surface area contributed by atoms with Crippen LogP contribution in [0.15, 0.2) is 12.7 Å². The molecule has 0 rings (SSSR count). The van der Waals surface area contributed by atoms with Crippen LogP contribution < -0.4 is 0 Å². The van der Waals surface area contributed by atoms with Crippen molar-refractivity contribution in [1.82, 2.24) is 0 Å². The third-order valence-electron chi connectivity index (χ3n) is 0.502. The van der Waals surface area contributed by atoms with E-state index in [4.69, 9.17) is 0 Å². The van der Waals surface area contributed by atoms with Crippen molar-refractivity contribution in [3.8, 4) is 0 Å². The van der Waals surface area contributed by atoms with E-state index in [-0.39, 0.29) is 35.5 Å². The number of ether oxygens (including phenoxy) is 1. The average Bonchev–Trinajstić information content (AvgIpc) is 1.83. The van der Waals surface area contributed by atoms with Crippen LogP contribution in [-0.4, -0.2) is 47.9 Å². The molecule has 0 saturated carbocycles. The zero-order valence-electron chi connectivity index (χ0n) is 4.46. The zero-order chi connectivity index (χ0) is 6.41. The van der Waals surface area contributed by atoms with Crippen LogP contribution in [0.4, 0.5) is 0 Å². The molecule has 0 aromatic carbocycles. The van der Waals surface area contributed by atoms with Crippen molar-refractivity contribution in [1.29, 1.82) is 0 Å². The van der Waals surface area contributed by atoms with Gasteiger partial charge in [0.25, 0.3) is 0 Å². The molecule has 0 aromatic heterocycles. The topological polar surface area (TPSA) is 26.3 Å². The van der Waals surface area contributed by atoms with Crippen molar-refractivity contribution in [3.05, 3.63) is 12.7 Å². The van der Waals surface area contributed by atoms with Gasteiger partial charge in [-0.05, 0) is 0 Å².